The summed E-state index contributed by atoms with van der Waals surface area (Å²) in [7, 11) is -1.04. The van der Waals surface area contributed by atoms with Crippen LogP contribution in [0.3, 0.4) is 0 Å². The number of hydrogen-bond acceptors (Lipinski definition) is 6. The molecule has 0 aliphatic heterocycles. The summed E-state index contributed by atoms with van der Waals surface area (Å²) in [5, 5.41) is 26.6. The van der Waals surface area contributed by atoms with Gasteiger partial charge in [0.05, 0.1) is 16.3 Å². The summed E-state index contributed by atoms with van der Waals surface area (Å²) in [6.45, 7) is 3.39. The smallest absolute Gasteiger partial charge is 0.427 e. The maximum Gasteiger partial charge on any atom is 0.454 e. The first kappa shape index (κ1) is 54.7. The van der Waals surface area contributed by atoms with Crippen LogP contribution in [0.4, 0.5) is 30.2 Å². The first-order valence-electron chi connectivity index (χ1n) is 18.3. The van der Waals surface area contributed by atoms with Gasteiger partial charge in [-0.3, -0.25) is 10.1 Å². The number of nitrogens with zero attached hydrogens (tertiary/aromatic N) is 1. The summed E-state index contributed by atoms with van der Waals surface area (Å²) in [6, 6.07) is 13.0. The molecule has 0 saturated heterocycles. The van der Waals surface area contributed by atoms with Crippen molar-refractivity contribution in [3.63, 3.8) is 0 Å². The molecule has 0 heterocycles. The molecule has 2 aliphatic rings. The molecular formula is C52H31BBr2F3N3O4. The quantitative estimate of drug-likeness (QED) is 0.0701. The third-order valence-electron chi connectivity index (χ3n) is 6.86. The van der Waals surface area contributed by atoms with E-state index in [0.29, 0.717) is 10.4 Å². The SMILES string of the molecule is CC#CC#CC#CC#CC#CC#CC#CC#CC#CC#CC#CC#CC#CC.Nc1cc(Br)ccc1F.Nc1cc(C2CC2)ccc1F.O=[N+]([O-])c1cc(Br)ccc1F.OB(O)C1CC1. The Morgan fingerprint density at radius 3 is 1.11 bits per heavy atom. The van der Waals surface area contributed by atoms with Gasteiger partial charge in [-0.25, -0.2) is 8.78 Å². The van der Waals surface area contributed by atoms with Crippen molar-refractivity contribution in [3.8, 4) is 154 Å². The van der Waals surface area contributed by atoms with Gasteiger partial charge in [0.1, 0.15) is 11.6 Å². The Bertz CT molecular complexity index is 2950. The van der Waals surface area contributed by atoms with E-state index in [-0.39, 0.29) is 28.8 Å². The Balaban J connectivity index is 0.000000461. The number of hydrogen-bond donors (Lipinski definition) is 4. The molecule has 0 bridgehead atoms. The molecule has 2 saturated carbocycles. The highest BCUT2D eigenvalue weighted by molar-refractivity contribution is 9.10. The lowest BCUT2D eigenvalue weighted by Crippen LogP contribution is -2.09. The molecule has 0 unspecified atom stereocenters. The molecule has 316 valence electrons. The molecular weight excluding hydrogens is 958 g/mol. The number of nitro benzene ring substituents is 1. The standard InChI is InChI=1S/C28H6.C9H10FN.C6H3BrFNO2.C6H5BrFN.C3H7BO2/c1-3-5-7-9-11-13-15-17-19-21-23-25-27-28-26-24-22-20-18-16-14-12-10-8-6-4-2;10-8-4-3-7(5-9(8)11)6-1-2-6;7-4-1-2-5(8)6(3-4)9(10)11;7-4-1-2-5(8)6(9)3-4;5-4(6)3-1-2-3/h1-2H3;3-6H,1-2,11H2;1-3H;1-3H,9H2;3,5-6H,1-2H2. The first-order valence-corrected chi connectivity index (χ1v) is 19.9. The molecule has 0 spiro atoms. The van der Waals surface area contributed by atoms with Crippen LogP contribution in [0.1, 0.15) is 51.0 Å². The second-order valence-corrected chi connectivity index (χ2v) is 13.7. The summed E-state index contributed by atoms with van der Waals surface area (Å²) < 4.78 is 38.9. The van der Waals surface area contributed by atoms with Gasteiger partial charge in [0, 0.05) is 62.4 Å². The van der Waals surface area contributed by atoms with Crippen LogP contribution in [0, 0.1) is 181 Å². The van der Waals surface area contributed by atoms with Crippen molar-refractivity contribution in [3.05, 3.63) is 96.7 Å². The van der Waals surface area contributed by atoms with Crippen LogP contribution in [0.5, 0.6) is 0 Å². The summed E-state index contributed by atoms with van der Waals surface area (Å²) in [5.41, 5.74) is 11.7. The topological polar surface area (TPSA) is 136 Å². The molecule has 0 atom stereocenters. The van der Waals surface area contributed by atoms with Crippen molar-refractivity contribution in [2.24, 2.45) is 0 Å². The number of nitrogens with two attached hydrogens (primary N) is 2. The van der Waals surface area contributed by atoms with Crippen LogP contribution < -0.4 is 11.5 Å². The zero-order valence-electron chi connectivity index (χ0n) is 34.5. The van der Waals surface area contributed by atoms with Crippen LogP contribution >= 0.6 is 31.9 Å². The van der Waals surface area contributed by atoms with Crippen LogP contribution in [-0.4, -0.2) is 22.1 Å². The molecule has 2 aliphatic carbocycles. The fraction of sp³-hybridized carbons (Fsp3) is 0.154. The van der Waals surface area contributed by atoms with Crippen molar-refractivity contribution in [2.75, 3.05) is 11.5 Å². The lowest BCUT2D eigenvalue weighted by Gasteiger charge is -1.99. The van der Waals surface area contributed by atoms with Crippen molar-refractivity contribution in [2.45, 2.75) is 51.3 Å². The highest BCUT2D eigenvalue weighted by Gasteiger charge is 2.33. The van der Waals surface area contributed by atoms with E-state index in [0.717, 1.165) is 29.4 Å². The molecule has 3 aromatic carbocycles. The normalized spacial score (nSPS) is 9.43. The van der Waals surface area contributed by atoms with Crippen LogP contribution in [0.15, 0.2) is 63.5 Å². The van der Waals surface area contributed by atoms with Gasteiger partial charge in [-0.1, -0.05) is 62.6 Å². The number of rotatable bonds is 3. The Hall–Kier alpha value is -8.33. The first-order chi connectivity index (χ1) is 31.3. The van der Waals surface area contributed by atoms with E-state index in [9.17, 15) is 23.3 Å². The zero-order valence-corrected chi connectivity index (χ0v) is 37.6. The zero-order chi connectivity index (χ0) is 48.1. The number of anilines is 2. The molecule has 3 aromatic rings. The fourth-order valence-corrected chi connectivity index (χ4v) is 4.31. The average Bonchev–Trinajstić information content (AvgIpc) is 4.21. The Morgan fingerprint density at radius 1 is 0.538 bits per heavy atom. The molecule has 6 N–H and O–H groups in total. The molecule has 5 rings (SSSR count). The Labute approximate surface area is 395 Å². The highest BCUT2D eigenvalue weighted by atomic mass is 79.9. The predicted molar refractivity (Wildman–Crippen MR) is 258 cm³/mol. The van der Waals surface area contributed by atoms with Crippen LogP contribution in [-0.2, 0) is 0 Å². The molecule has 7 nitrogen and oxygen atoms in total. The predicted octanol–water partition coefficient (Wildman–Crippen LogP) is 7.65. The Morgan fingerprint density at radius 2 is 0.862 bits per heavy atom. The van der Waals surface area contributed by atoms with E-state index in [1.165, 1.54) is 42.7 Å². The number of halogens is 5. The van der Waals surface area contributed by atoms with E-state index in [4.69, 9.17) is 21.5 Å². The maximum absolute atomic E-state index is 12.7. The van der Waals surface area contributed by atoms with E-state index < -0.39 is 23.5 Å². The average molecular weight is 989 g/mol. The minimum atomic E-state index is -1.04. The van der Waals surface area contributed by atoms with Crippen molar-refractivity contribution < 1.29 is 28.1 Å². The van der Waals surface area contributed by atoms with E-state index in [1.54, 1.807) is 26.0 Å². The van der Waals surface area contributed by atoms with Gasteiger partial charge in [0.25, 0.3) is 0 Å². The molecule has 0 aromatic heterocycles. The summed E-state index contributed by atoms with van der Waals surface area (Å²) in [6.07, 6.45) is 4.45. The molecule has 13 heteroatoms. The molecule has 65 heavy (non-hydrogen) atoms. The lowest BCUT2D eigenvalue weighted by molar-refractivity contribution is -0.387. The van der Waals surface area contributed by atoms with Crippen molar-refractivity contribution in [1.82, 2.24) is 0 Å². The minimum absolute atomic E-state index is 0.171. The van der Waals surface area contributed by atoms with Gasteiger partial charge in [-0.05, 0) is 181 Å². The monoisotopic (exact) mass is 987 g/mol. The molecule has 0 radical (unpaired) electrons. The lowest BCUT2D eigenvalue weighted by atomic mass is 9.84. The maximum atomic E-state index is 12.7. The number of nitrogen functional groups attached to an aromatic ring is 2. The van der Waals surface area contributed by atoms with Gasteiger partial charge in [0.15, 0.2) is 0 Å². The van der Waals surface area contributed by atoms with Gasteiger partial charge in [-0.15, -0.1) is 0 Å². The van der Waals surface area contributed by atoms with Crippen LogP contribution in [0.2, 0.25) is 5.82 Å². The number of benzene rings is 3. The largest absolute Gasteiger partial charge is 0.454 e. The fourth-order valence-electron chi connectivity index (χ4n) is 3.58. The minimum Gasteiger partial charge on any atom is -0.427 e. The second kappa shape index (κ2) is 34.3. The van der Waals surface area contributed by atoms with Gasteiger partial charge in [0.2, 0.25) is 5.82 Å². The van der Waals surface area contributed by atoms with E-state index in [1.807, 2.05) is 6.07 Å². The third kappa shape index (κ3) is 29.6. The summed E-state index contributed by atoms with van der Waals surface area (Å²) in [4.78, 5) is 9.35. The van der Waals surface area contributed by atoms with Gasteiger partial charge >= 0.3 is 12.8 Å². The van der Waals surface area contributed by atoms with E-state index >= 15 is 0 Å². The van der Waals surface area contributed by atoms with Crippen LogP contribution in [0.25, 0.3) is 0 Å². The molecule has 0 amide bonds. The highest BCUT2D eigenvalue weighted by Crippen LogP contribution is 2.40. The second-order valence-electron chi connectivity index (χ2n) is 11.8. The summed E-state index contributed by atoms with van der Waals surface area (Å²) in [5.74, 6) is 65.0. The van der Waals surface area contributed by atoms with Crippen molar-refractivity contribution >= 4 is 56.0 Å². The number of nitro groups is 1. The third-order valence-corrected chi connectivity index (χ3v) is 7.85. The van der Waals surface area contributed by atoms with Gasteiger partial charge < -0.3 is 21.5 Å². The van der Waals surface area contributed by atoms with E-state index in [2.05, 4.69) is 186 Å². The van der Waals surface area contributed by atoms with Gasteiger partial charge in [-0.2, -0.15) is 4.39 Å². The Kier molecular flexibility index (Phi) is 28.8. The summed E-state index contributed by atoms with van der Waals surface area (Å²) >= 11 is 6.14. The molecule has 2 fully saturated rings. The van der Waals surface area contributed by atoms with Crippen molar-refractivity contribution in [1.29, 1.82) is 0 Å².